The average molecular weight is 475 g/mol. The third-order valence-electron chi connectivity index (χ3n) is 5.99. The highest BCUT2D eigenvalue weighted by Crippen LogP contribution is 2.41. The first-order valence-electron chi connectivity index (χ1n) is 10.4. The van der Waals surface area contributed by atoms with E-state index in [4.69, 9.17) is 9.90 Å². The number of carbonyl (C=O) groups is 1. The molecular formula is C21H20F3N7O3. The van der Waals surface area contributed by atoms with Crippen molar-refractivity contribution < 1.29 is 23.1 Å². The molecule has 178 valence electrons. The van der Waals surface area contributed by atoms with E-state index in [1.54, 1.807) is 36.9 Å². The van der Waals surface area contributed by atoms with Gasteiger partial charge in [-0.15, -0.1) is 10.2 Å². The number of halogens is 3. The van der Waals surface area contributed by atoms with Crippen LogP contribution in [-0.4, -0.2) is 60.1 Å². The highest BCUT2D eigenvalue weighted by molar-refractivity contribution is 5.73. The van der Waals surface area contributed by atoms with E-state index in [1.165, 1.54) is 0 Å². The Hall–Kier alpha value is -3.90. The van der Waals surface area contributed by atoms with Crippen LogP contribution in [0.3, 0.4) is 0 Å². The van der Waals surface area contributed by atoms with Crippen LogP contribution in [0.5, 0.6) is 0 Å². The Kier molecular flexibility index (Phi) is 6.26. The summed E-state index contributed by atoms with van der Waals surface area (Å²) in [6, 6.07) is 5.41. The number of rotatable bonds is 2. The Labute approximate surface area is 191 Å². The average Bonchev–Trinajstić information content (AvgIpc) is 3.19. The molecule has 0 atom stereocenters. The van der Waals surface area contributed by atoms with Gasteiger partial charge in [0.15, 0.2) is 5.69 Å². The van der Waals surface area contributed by atoms with Gasteiger partial charge in [-0.25, -0.2) is 14.8 Å². The molecule has 1 fully saturated rings. The van der Waals surface area contributed by atoms with Gasteiger partial charge in [0.2, 0.25) is 5.95 Å². The van der Waals surface area contributed by atoms with E-state index in [-0.39, 0.29) is 11.0 Å². The van der Waals surface area contributed by atoms with Crippen molar-refractivity contribution in [3.05, 3.63) is 59.2 Å². The minimum atomic E-state index is -5.08. The number of piperidine rings is 1. The van der Waals surface area contributed by atoms with Gasteiger partial charge in [-0.1, -0.05) is 0 Å². The molecule has 0 bridgehead atoms. The number of carboxylic acids is 1. The van der Waals surface area contributed by atoms with Crippen molar-refractivity contribution in [1.82, 2.24) is 29.7 Å². The van der Waals surface area contributed by atoms with Gasteiger partial charge in [0, 0.05) is 55.4 Å². The Morgan fingerprint density at radius 2 is 1.56 bits per heavy atom. The van der Waals surface area contributed by atoms with Crippen LogP contribution in [0.4, 0.5) is 19.1 Å². The van der Waals surface area contributed by atoms with E-state index in [0.717, 1.165) is 49.7 Å². The van der Waals surface area contributed by atoms with E-state index in [0.29, 0.717) is 12.2 Å². The number of pyridine rings is 1. The summed E-state index contributed by atoms with van der Waals surface area (Å²) < 4.78 is 33.6. The van der Waals surface area contributed by atoms with Crippen LogP contribution in [0.1, 0.15) is 25.1 Å². The molecule has 5 rings (SSSR count). The summed E-state index contributed by atoms with van der Waals surface area (Å²) in [5, 5.41) is 15.9. The molecule has 0 saturated carbocycles. The van der Waals surface area contributed by atoms with E-state index < -0.39 is 12.1 Å². The van der Waals surface area contributed by atoms with Crippen LogP contribution in [0, 0.1) is 0 Å². The zero-order valence-corrected chi connectivity index (χ0v) is 17.8. The fraction of sp³-hybridized carbons (Fsp3) is 0.381. The van der Waals surface area contributed by atoms with Gasteiger partial charge in [-0.3, -0.25) is 14.3 Å². The molecule has 0 amide bonds. The predicted molar refractivity (Wildman–Crippen MR) is 113 cm³/mol. The van der Waals surface area contributed by atoms with E-state index in [2.05, 4.69) is 30.0 Å². The van der Waals surface area contributed by atoms with Crippen molar-refractivity contribution >= 4 is 11.9 Å². The topological polar surface area (TPSA) is 127 Å². The Balaban J connectivity index is 0.000000344. The van der Waals surface area contributed by atoms with Gasteiger partial charge in [-0.05, 0) is 37.5 Å². The van der Waals surface area contributed by atoms with Crippen molar-refractivity contribution in [1.29, 1.82) is 0 Å². The molecule has 0 aliphatic carbocycles. The van der Waals surface area contributed by atoms with Crippen molar-refractivity contribution in [2.45, 2.75) is 37.4 Å². The second kappa shape index (κ2) is 9.15. The summed E-state index contributed by atoms with van der Waals surface area (Å²) in [7, 11) is 0. The number of hydrogen-bond donors (Lipinski definition) is 1. The smallest absolute Gasteiger partial charge is 0.475 e. The largest absolute Gasteiger partial charge is 0.490 e. The maximum atomic E-state index is 13.0. The standard InChI is InChI=1S/C19H19N7O.C2HF3O2/c27-16-15(14-2-9-20-10-3-14)23-24-17-19(6-13-26(16)17)4-11-25(12-5-19)18-21-7-1-8-22-18;3-2(4,5)1(6)7/h1-3,7-10H,4-6,11-13H2;(H,6,7). The number of aliphatic carboxylic acids is 1. The van der Waals surface area contributed by atoms with Crippen LogP contribution in [0.2, 0.25) is 0 Å². The summed E-state index contributed by atoms with van der Waals surface area (Å²) in [6.45, 7) is 2.40. The lowest BCUT2D eigenvalue weighted by Crippen LogP contribution is -2.43. The maximum Gasteiger partial charge on any atom is 0.490 e. The first kappa shape index (κ1) is 23.3. The number of aromatic nitrogens is 6. The first-order chi connectivity index (χ1) is 16.2. The lowest BCUT2D eigenvalue weighted by molar-refractivity contribution is -0.192. The highest BCUT2D eigenvalue weighted by Gasteiger charge is 2.44. The van der Waals surface area contributed by atoms with Crippen LogP contribution < -0.4 is 10.5 Å². The monoisotopic (exact) mass is 475 g/mol. The number of alkyl halides is 3. The quantitative estimate of drug-likeness (QED) is 0.592. The predicted octanol–water partition coefficient (Wildman–Crippen LogP) is 2.07. The number of carboxylic acid groups (broad SMARTS) is 1. The second-order valence-corrected chi connectivity index (χ2v) is 7.93. The third kappa shape index (κ3) is 4.58. The lowest BCUT2D eigenvalue weighted by atomic mass is 9.77. The Bertz CT molecular complexity index is 1210. The molecule has 10 nitrogen and oxygen atoms in total. The van der Waals surface area contributed by atoms with Crippen LogP contribution >= 0.6 is 0 Å². The number of nitrogens with zero attached hydrogens (tertiary/aromatic N) is 7. The fourth-order valence-electron chi connectivity index (χ4n) is 4.21. The zero-order chi connectivity index (χ0) is 24.3. The number of fused-ring (bicyclic) bond motifs is 2. The van der Waals surface area contributed by atoms with Gasteiger partial charge >= 0.3 is 12.1 Å². The lowest BCUT2D eigenvalue weighted by Gasteiger charge is -2.38. The second-order valence-electron chi connectivity index (χ2n) is 7.93. The Morgan fingerprint density at radius 1 is 0.971 bits per heavy atom. The van der Waals surface area contributed by atoms with E-state index in [1.807, 2.05) is 10.6 Å². The molecule has 0 aromatic carbocycles. The third-order valence-corrected chi connectivity index (χ3v) is 5.99. The fourth-order valence-corrected chi connectivity index (χ4v) is 4.21. The van der Waals surface area contributed by atoms with Gasteiger partial charge < -0.3 is 10.0 Å². The molecule has 3 aromatic rings. The molecule has 1 N–H and O–H groups in total. The minimum Gasteiger partial charge on any atom is -0.475 e. The zero-order valence-electron chi connectivity index (χ0n) is 17.8. The minimum absolute atomic E-state index is 0.0584. The van der Waals surface area contributed by atoms with Crippen molar-refractivity contribution in [3.8, 4) is 11.3 Å². The summed E-state index contributed by atoms with van der Waals surface area (Å²) in [5.41, 5.74) is 1.02. The summed E-state index contributed by atoms with van der Waals surface area (Å²) in [4.78, 5) is 36.8. The highest BCUT2D eigenvalue weighted by atomic mass is 19.4. The molecule has 1 spiro atoms. The van der Waals surface area contributed by atoms with Gasteiger partial charge in [0.1, 0.15) is 5.82 Å². The summed E-state index contributed by atoms with van der Waals surface area (Å²) in [6.07, 6.45) is 4.56. The van der Waals surface area contributed by atoms with Gasteiger partial charge in [0.25, 0.3) is 5.56 Å². The molecule has 2 aliphatic heterocycles. The molecule has 2 aliphatic rings. The van der Waals surface area contributed by atoms with Crippen molar-refractivity contribution in [3.63, 3.8) is 0 Å². The van der Waals surface area contributed by atoms with Gasteiger partial charge in [0.05, 0.1) is 0 Å². The molecule has 34 heavy (non-hydrogen) atoms. The number of anilines is 1. The van der Waals surface area contributed by atoms with E-state index >= 15 is 0 Å². The first-order valence-corrected chi connectivity index (χ1v) is 10.4. The molecule has 3 aromatic heterocycles. The molecule has 13 heteroatoms. The molecule has 0 radical (unpaired) electrons. The SMILES string of the molecule is O=C(O)C(F)(F)F.O=c1c(-c2ccncc2)nnc2n1CCC21CCN(c2ncccn2)CC1. The molecule has 1 saturated heterocycles. The van der Waals surface area contributed by atoms with Crippen LogP contribution in [0.25, 0.3) is 11.3 Å². The summed E-state index contributed by atoms with van der Waals surface area (Å²) in [5.74, 6) is -1.16. The molecular weight excluding hydrogens is 455 g/mol. The van der Waals surface area contributed by atoms with Crippen LogP contribution in [-0.2, 0) is 16.8 Å². The van der Waals surface area contributed by atoms with Crippen LogP contribution in [0.15, 0.2) is 47.8 Å². The van der Waals surface area contributed by atoms with Gasteiger partial charge in [-0.2, -0.15) is 13.2 Å². The van der Waals surface area contributed by atoms with E-state index in [9.17, 15) is 18.0 Å². The Morgan fingerprint density at radius 3 is 2.15 bits per heavy atom. The van der Waals surface area contributed by atoms with Crippen molar-refractivity contribution in [2.24, 2.45) is 0 Å². The maximum absolute atomic E-state index is 13.0. The normalized spacial score (nSPS) is 16.5. The van der Waals surface area contributed by atoms with Crippen molar-refractivity contribution in [2.75, 3.05) is 18.0 Å². The molecule has 0 unspecified atom stereocenters. The molecule has 5 heterocycles. The summed E-state index contributed by atoms with van der Waals surface area (Å²) >= 11 is 0. The number of hydrogen-bond acceptors (Lipinski definition) is 8.